The van der Waals surface area contributed by atoms with Crippen molar-refractivity contribution in [1.82, 2.24) is 14.9 Å². The van der Waals surface area contributed by atoms with Crippen molar-refractivity contribution in [3.05, 3.63) is 76.9 Å². The maximum absolute atomic E-state index is 13.2. The van der Waals surface area contributed by atoms with Crippen LogP contribution in [0, 0.1) is 11.7 Å². The van der Waals surface area contributed by atoms with Crippen LogP contribution in [0.25, 0.3) is 6.08 Å². The van der Waals surface area contributed by atoms with Gasteiger partial charge in [-0.15, -0.1) is 0 Å². The van der Waals surface area contributed by atoms with Crippen molar-refractivity contribution >= 4 is 27.9 Å². The Bertz CT molecular complexity index is 1190. The van der Waals surface area contributed by atoms with Crippen LogP contribution in [-0.4, -0.2) is 49.7 Å². The van der Waals surface area contributed by atoms with Crippen LogP contribution in [0.3, 0.4) is 0 Å². The molecule has 1 heterocycles. The van der Waals surface area contributed by atoms with E-state index < -0.39 is 21.8 Å². The summed E-state index contributed by atoms with van der Waals surface area (Å²) in [5.41, 5.74) is 1.15. The van der Waals surface area contributed by atoms with E-state index in [0.717, 1.165) is 31.2 Å². The molecule has 9 heteroatoms. The highest BCUT2D eigenvalue weighted by Crippen LogP contribution is 2.24. The Hall–Kier alpha value is -3.04. The fourth-order valence-electron chi connectivity index (χ4n) is 4.83. The average molecular weight is 514 g/mol. The van der Waals surface area contributed by atoms with Gasteiger partial charge >= 0.3 is 0 Å². The lowest BCUT2D eigenvalue weighted by molar-refractivity contribution is -0.127. The molecule has 2 aromatic carbocycles. The van der Waals surface area contributed by atoms with Gasteiger partial charge in [-0.25, -0.2) is 12.8 Å². The van der Waals surface area contributed by atoms with Gasteiger partial charge in [0.2, 0.25) is 15.9 Å². The predicted octanol–water partition coefficient (Wildman–Crippen LogP) is 3.70. The Morgan fingerprint density at radius 2 is 1.56 bits per heavy atom. The zero-order chi connectivity index (χ0) is 25.5. The van der Waals surface area contributed by atoms with Crippen LogP contribution in [0.4, 0.5) is 4.39 Å². The SMILES string of the molecule is O=C(N[C@@H]1CCCC[C@H]1NC(=O)C1CCCN(S(=O)(=O)/C=C/c2ccccc2)C1)c1ccc(F)cc1. The summed E-state index contributed by atoms with van der Waals surface area (Å²) in [6.45, 7) is 0.512. The highest BCUT2D eigenvalue weighted by Gasteiger charge is 2.34. The number of carbonyl (C=O) groups excluding carboxylic acids is 2. The number of hydrogen-bond donors (Lipinski definition) is 2. The third-order valence-corrected chi connectivity index (χ3v) is 8.39. The largest absolute Gasteiger partial charge is 0.351 e. The van der Waals surface area contributed by atoms with Crippen molar-refractivity contribution in [3.8, 4) is 0 Å². The van der Waals surface area contributed by atoms with Gasteiger partial charge in [-0.2, -0.15) is 4.31 Å². The molecule has 1 aliphatic carbocycles. The molecule has 3 atom stereocenters. The molecule has 36 heavy (non-hydrogen) atoms. The standard InChI is InChI=1S/C27H32FN3O4S/c28-23-14-12-21(13-15-23)26(32)29-24-10-4-5-11-25(24)30-27(33)22-9-6-17-31(19-22)36(34,35)18-16-20-7-2-1-3-8-20/h1-3,7-8,12-16,18,22,24-25H,4-6,9-11,17,19H2,(H,29,32)(H,30,33)/b18-16+/t22?,24-,25-/m1/s1. The molecule has 2 aliphatic rings. The molecule has 2 N–H and O–H groups in total. The maximum Gasteiger partial charge on any atom is 0.251 e. The lowest BCUT2D eigenvalue weighted by atomic mass is 9.89. The Balaban J connectivity index is 1.36. The van der Waals surface area contributed by atoms with E-state index in [-0.39, 0.29) is 30.4 Å². The third-order valence-electron chi connectivity index (χ3n) is 6.86. The molecular formula is C27H32FN3O4S. The summed E-state index contributed by atoms with van der Waals surface area (Å²) in [5, 5.41) is 7.27. The van der Waals surface area contributed by atoms with Gasteiger partial charge in [-0.1, -0.05) is 43.2 Å². The molecule has 2 aromatic rings. The molecule has 0 bridgehead atoms. The molecule has 1 saturated heterocycles. The maximum atomic E-state index is 13.2. The summed E-state index contributed by atoms with van der Waals surface area (Å²) in [7, 11) is -3.65. The molecule has 1 saturated carbocycles. The number of carbonyl (C=O) groups is 2. The molecule has 2 fully saturated rings. The van der Waals surface area contributed by atoms with Crippen molar-refractivity contribution < 1.29 is 22.4 Å². The van der Waals surface area contributed by atoms with E-state index in [1.807, 2.05) is 30.3 Å². The van der Waals surface area contributed by atoms with E-state index in [0.29, 0.717) is 24.9 Å². The molecule has 4 rings (SSSR count). The number of sulfonamides is 1. The minimum absolute atomic E-state index is 0.132. The first kappa shape index (κ1) is 26.0. The highest BCUT2D eigenvalue weighted by atomic mass is 32.2. The number of rotatable bonds is 7. The van der Waals surface area contributed by atoms with Gasteiger partial charge in [0.15, 0.2) is 0 Å². The molecular weight excluding hydrogens is 481 g/mol. The first-order valence-corrected chi connectivity index (χ1v) is 13.9. The topological polar surface area (TPSA) is 95.6 Å². The molecule has 0 radical (unpaired) electrons. The van der Waals surface area contributed by atoms with Gasteiger partial charge in [-0.05, 0) is 61.6 Å². The molecule has 192 valence electrons. The van der Waals surface area contributed by atoms with Gasteiger partial charge in [0.05, 0.1) is 5.92 Å². The fraction of sp³-hybridized carbons (Fsp3) is 0.407. The van der Waals surface area contributed by atoms with Crippen LogP contribution in [0.2, 0.25) is 0 Å². The second-order valence-corrected chi connectivity index (χ2v) is 11.3. The van der Waals surface area contributed by atoms with E-state index in [1.54, 1.807) is 6.08 Å². The minimum Gasteiger partial charge on any atom is -0.351 e. The smallest absolute Gasteiger partial charge is 0.251 e. The van der Waals surface area contributed by atoms with Crippen molar-refractivity contribution in [2.45, 2.75) is 50.6 Å². The van der Waals surface area contributed by atoms with Gasteiger partial charge in [0.25, 0.3) is 5.91 Å². The Morgan fingerprint density at radius 3 is 2.25 bits per heavy atom. The number of amides is 2. The first-order chi connectivity index (χ1) is 17.3. The van der Waals surface area contributed by atoms with Crippen molar-refractivity contribution in [1.29, 1.82) is 0 Å². The summed E-state index contributed by atoms with van der Waals surface area (Å²) >= 11 is 0. The average Bonchev–Trinajstić information content (AvgIpc) is 2.89. The number of benzene rings is 2. The molecule has 1 aliphatic heterocycles. The van der Waals surface area contributed by atoms with E-state index in [4.69, 9.17) is 0 Å². The summed E-state index contributed by atoms with van der Waals surface area (Å²) in [6.07, 6.45) is 6.11. The Kier molecular flexibility index (Phi) is 8.53. The van der Waals surface area contributed by atoms with Crippen molar-refractivity contribution in [2.75, 3.05) is 13.1 Å². The van der Waals surface area contributed by atoms with Gasteiger partial charge in [0.1, 0.15) is 5.82 Å². The predicted molar refractivity (Wildman–Crippen MR) is 137 cm³/mol. The number of hydrogen-bond acceptors (Lipinski definition) is 4. The Labute approximate surface area is 211 Å². The van der Waals surface area contributed by atoms with Crippen LogP contribution in [0.1, 0.15) is 54.4 Å². The Morgan fingerprint density at radius 1 is 0.889 bits per heavy atom. The molecule has 0 spiro atoms. The van der Waals surface area contributed by atoms with Crippen LogP contribution >= 0.6 is 0 Å². The summed E-state index contributed by atoms with van der Waals surface area (Å²) in [4.78, 5) is 25.8. The summed E-state index contributed by atoms with van der Waals surface area (Å²) < 4.78 is 40.3. The quantitative estimate of drug-likeness (QED) is 0.590. The van der Waals surface area contributed by atoms with Crippen LogP contribution < -0.4 is 10.6 Å². The zero-order valence-electron chi connectivity index (χ0n) is 20.1. The number of nitrogens with one attached hydrogen (secondary N) is 2. The molecule has 2 amide bonds. The van der Waals surface area contributed by atoms with Gasteiger partial charge in [-0.3, -0.25) is 9.59 Å². The van der Waals surface area contributed by atoms with Crippen molar-refractivity contribution in [2.24, 2.45) is 5.92 Å². The lowest BCUT2D eigenvalue weighted by Crippen LogP contribution is -2.55. The monoisotopic (exact) mass is 513 g/mol. The summed E-state index contributed by atoms with van der Waals surface area (Å²) in [5.74, 6) is -1.35. The van der Waals surface area contributed by atoms with Gasteiger partial charge in [0, 0.05) is 36.1 Å². The van der Waals surface area contributed by atoms with E-state index in [2.05, 4.69) is 10.6 Å². The molecule has 7 nitrogen and oxygen atoms in total. The lowest BCUT2D eigenvalue weighted by Gasteiger charge is -2.35. The van der Waals surface area contributed by atoms with E-state index in [9.17, 15) is 22.4 Å². The number of piperidine rings is 1. The number of nitrogens with zero attached hydrogens (tertiary/aromatic N) is 1. The van der Waals surface area contributed by atoms with E-state index in [1.165, 1.54) is 34.0 Å². The van der Waals surface area contributed by atoms with E-state index >= 15 is 0 Å². The number of halogens is 1. The minimum atomic E-state index is -3.65. The zero-order valence-corrected chi connectivity index (χ0v) is 20.9. The second-order valence-electron chi connectivity index (χ2n) is 9.44. The second kappa shape index (κ2) is 11.8. The molecule has 1 unspecified atom stereocenters. The first-order valence-electron chi connectivity index (χ1n) is 12.4. The van der Waals surface area contributed by atoms with Crippen molar-refractivity contribution in [3.63, 3.8) is 0 Å². The van der Waals surface area contributed by atoms with Crippen LogP contribution in [-0.2, 0) is 14.8 Å². The molecule has 0 aromatic heterocycles. The van der Waals surface area contributed by atoms with Crippen LogP contribution in [0.5, 0.6) is 0 Å². The van der Waals surface area contributed by atoms with Gasteiger partial charge < -0.3 is 10.6 Å². The highest BCUT2D eigenvalue weighted by molar-refractivity contribution is 7.92. The third kappa shape index (κ3) is 6.79. The normalized spacial score (nSPS) is 23.3. The fourth-order valence-corrected chi connectivity index (χ4v) is 6.10. The van der Waals surface area contributed by atoms with Crippen LogP contribution in [0.15, 0.2) is 60.0 Å². The summed E-state index contributed by atoms with van der Waals surface area (Å²) in [6, 6.07) is 14.1.